The van der Waals surface area contributed by atoms with Gasteiger partial charge < -0.3 is 15.0 Å². The number of sulfonamides is 1. The molecular weight excluding hydrogens is 466 g/mol. The molecule has 178 valence electrons. The van der Waals surface area contributed by atoms with Gasteiger partial charge in [-0.15, -0.1) is 11.3 Å². The molecule has 0 radical (unpaired) electrons. The van der Waals surface area contributed by atoms with E-state index in [1.807, 2.05) is 11.4 Å². The van der Waals surface area contributed by atoms with Crippen LogP contribution in [-0.2, 0) is 37.3 Å². The summed E-state index contributed by atoms with van der Waals surface area (Å²) >= 11 is 1.67. The van der Waals surface area contributed by atoms with E-state index in [1.165, 1.54) is 33.4 Å². The molecule has 2 heterocycles. The highest BCUT2D eigenvalue weighted by Crippen LogP contribution is 2.24. The summed E-state index contributed by atoms with van der Waals surface area (Å²) in [6, 6.07) is 7.48. The first-order valence-corrected chi connectivity index (χ1v) is 12.9. The molecule has 11 heteroatoms. The zero-order chi connectivity index (χ0) is 24.0. The van der Waals surface area contributed by atoms with Crippen molar-refractivity contribution in [2.45, 2.75) is 31.7 Å². The number of fused-ring (bicyclic) bond motifs is 1. The standard InChI is InChI=1S/C22H27N3O6S2/c1-3-25(4-2)33(29,30)18-7-5-16(6-8-18)22(28)23-13-21(27)31-15-20(26)24-11-9-19-17(14-24)10-12-32-19/h5-8,10,12H,3-4,9,11,13-15H2,1-2H3,(H,23,28). The van der Waals surface area contributed by atoms with Gasteiger partial charge in [0.25, 0.3) is 11.8 Å². The molecule has 0 saturated heterocycles. The number of rotatable bonds is 9. The first-order valence-electron chi connectivity index (χ1n) is 10.6. The lowest BCUT2D eigenvalue weighted by atomic mass is 10.1. The minimum Gasteiger partial charge on any atom is -0.454 e. The Morgan fingerprint density at radius 3 is 2.48 bits per heavy atom. The summed E-state index contributed by atoms with van der Waals surface area (Å²) in [7, 11) is -3.62. The summed E-state index contributed by atoms with van der Waals surface area (Å²) in [4.78, 5) is 39.6. The van der Waals surface area contributed by atoms with Crippen molar-refractivity contribution < 1.29 is 27.5 Å². The Labute approximate surface area is 197 Å². The monoisotopic (exact) mass is 493 g/mol. The molecule has 0 fully saturated rings. The number of esters is 1. The minimum atomic E-state index is -3.62. The number of nitrogens with one attached hydrogen (secondary N) is 1. The van der Waals surface area contributed by atoms with Crippen LogP contribution in [0.2, 0.25) is 0 Å². The van der Waals surface area contributed by atoms with Gasteiger partial charge in [-0.25, -0.2) is 8.42 Å². The van der Waals surface area contributed by atoms with Crippen LogP contribution in [0.4, 0.5) is 0 Å². The van der Waals surface area contributed by atoms with Crippen LogP contribution in [0.25, 0.3) is 0 Å². The molecule has 0 aliphatic carbocycles. The summed E-state index contributed by atoms with van der Waals surface area (Å²) in [5.74, 6) is -1.56. The minimum absolute atomic E-state index is 0.0907. The Bertz CT molecular complexity index is 1110. The van der Waals surface area contributed by atoms with E-state index in [0.29, 0.717) is 26.2 Å². The van der Waals surface area contributed by atoms with E-state index in [-0.39, 0.29) is 23.0 Å². The highest BCUT2D eigenvalue weighted by molar-refractivity contribution is 7.89. The van der Waals surface area contributed by atoms with Crippen molar-refractivity contribution in [2.75, 3.05) is 32.8 Å². The molecule has 0 bridgehead atoms. The van der Waals surface area contributed by atoms with Crippen LogP contribution in [0, 0.1) is 0 Å². The Hall–Kier alpha value is -2.76. The molecule has 33 heavy (non-hydrogen) atoms. The average molecular weight is 494 g/mol. The number of hydrogen-bond acceptors (Lipinski definition) is 7. The van der Waals surface area contributed by atoms with Crippen LogP contribution in [0.1, 0.15) is 34.6 Å². The lowest BCUT2D eigenvalue weighted by molar-refractivity contribution is -0.151. The Morgan fingerprint density at radius 2 is 1.82 bits per heavy atom. The van der Waals surface area contributed by atoms with Gasteiger partial charge in [-0.1, -0.05) is 13.8 Å². The predicted molar refractivity (Wildman–Crippen MR) is 123 cm³/mol. The van der Waals surface area contributed by atoms with Crippen molar-refractivity contribution in [3.05, 3.63) is 51.7 Å². The fourth-order valence-corrected chi connectivity index (χ4v) is 5.84. The number of carbonyl (C=O) groups is 3. The van der Waals surface area contributed by atoms with Gasteiger partial charge in [-0.3, -0.25) is 14.4 Å². The summed E-state index contributed by atoms with van der Waals surface area (Å²) in [5.41, 5.74) is 1.33. The lowest BCUT2D eigenvalue weighted by Gasteiger charge is -2.26. The van der Waals surface area contributed by atoms with Crippen LogP contribution >= 0.6 is 11.3 Å². The highest BCUT2D eigenvalue weighted by Gasteiger charge is 2.23. The molecule has 1 N–H and O–H groups in total. The summed E-state index contributed by atoms with van der Waals surface area (Å²) in [6.07, 6.45) is 0.789. The fraction of sp³-hybridized carbons (Fsp3) is 0.409. The highest BCUT2D eigenvalue weighted by atomic mass is 32.2. The summed E-state index contributed by atoms with van der Waals surface area (Å²) in [6.45, 7) is 4.50. The second-order valence-electron chi connectivity index (χ2n) is 7.39. The average Bonchev–Trinajstić information content (AvgIpc) is 3.29. The van der Waals surface area contributed by atoms with E-state index in [2.05, 4.69) is 5.32 Å². The van der Waals surface area contributed by atoms with Crippen LogP contribution in [0.3, 0.4) is 0 Å². The first kappa shape index (κ1) is 24.9. The second-order valence-corrected chi connectivity index (χ2v) is 10.3. The van der Waals surface area contributed by atoms with E-state index in [0.717, 1.165) is 12.0 Å². The molecule has 9 nitrogen and oxygen atoms in total. The maximum absolute atomic E-state index is 12.5. The SMILES string of the molecule is CCN(CC)S(=O)(=O)c1ccc(C(=O)NCC(=O)OCC(=O)N2CCc3sccc3C2)cc1. The maximum Gasteiger partial charge on any atom is 0.325 e. The molecule has 3 rings (SSSR count). The molecule has 0 spiro atoms. The van der Waals surface area contributed by atoms with Gasteiger partial charge in [0.05, 0.1) is 4.90 Å². The van der Waals surface area contributed by atoms with Crippen molar-refractivity contribution in [3.63, 3.8) is 0 Å². The molecule has 2 aromatic rings. The molecule has 1 aliphatic rings. The van der Waals surface area contributed by atoms with Gasteiger partial charge in [0, 0.05) is 36.6 Å². The van der Waals surface area contributed by atoms with Crippen molar-refractivity contribution in [1.29, 1.82) is 0 Å². The van der Waals surface area contributed by atoms with Gasteiger partial charge in [0.15, 0.2) is 6.61 Å². The van der Waals surface area contributed by atoms with Crippen molar-refractivity contribution in [3.8, 4) is 0 Å². The number of ether oxygens (including phenoxy) is 1. The van der Waals surface area contributed by atoms with Crippen molar-refractivity contribution in [1.82, 2.24) is 14.5 Å². The number of thiophene rings is 1. The molecule has 1 aliphatic heterocycles. The number of carbonyl (C=O) groups excluding carboxylic acids is 3. The third-order valence-corrected chi connectivity index (χ3v) is 8.46. The topological polar surface area (TPSA) is 113 Å². The van der Waals surface area contributed by atoms with Gasteiger partial charge in [-0.05, 0) is 47.7 Å². The zero-order valence-electron chi connectivity index (χ0n) is 18.6. The Balaban J connectivity index is 1.45. The molecule has 0 atom stereocenters. The lowest BCUT2D eigenvalue weighted by Crippen LogP contribution is -2.39. The zero-order valence-corrected chi connectivity index (χ0v) is 20.2. The largest absolute Gasteiger partial charge is 0.454 e. The number of amides is 2. The number of benzene rings is 1. The van der Waals surface area contributed by atoms with Gasteiger partial charge in [0.1, 0.15) is 6.54 Å². The summed E-state index contributed by atoms with van der Waals surface area (Å²) in [5, 5.41) is 4.42. The molecule has 0 saturated carbocycles. The van der Waals surface area contributed by atoms with E-state index in [1.54, 1.807) is 30.1 Å². The van der Waals surface area contributed by atoms with E-state index >= 15 is 0 Å². The summed E-state index contributed by atoms with van der Waals surface area (Å²) < 4.78 is 31.3. The quantitative estimate of drug-likeness (QED) is 0.532. The third-order valence-electron chi connectivity index (χ3n) is 5.37. The van der Waals surface area contributed by atoms with Crippen LogP contribution < -0.4 is 5.32 Å². The second kappa shape index (κ2) is 10.9. The Kier molecular flexibility index (Phi) is 8.22. The normalized spacial score (nSPS) is 13.5. The van der Waals surface area contributed by atoms with Crippen molar-refractivity contribution >= 4 is 39.1 Å². The van der Waals surface area contributed by atoms with Gasteiger partial charge in [-0.2, -0.15) is 4.31 Å². The smallest absolute Gasteiger partial charge is 0.325 e. The van der Waals surface area contributed by atoms with Crippen molar-refractivity contribution in [2.24, 2.45) is 0 Å². The third kappa shape index (κ3) is 5.98. The Morgan fingerprint density at radius 1 is 1.12 bits per heavy atom. The molecule has 1 aromatic carbocycles. The van der Waals surface area contributed by atoms with E-state index in [4.69, 9.17) is 4.74 Å². The fourth-order valence-electron chi connectivity index (χ4n) is 3.49. The van der Waals surface area contributed by atoms with E-state index < -0.39 is 28.4 Å². The van der Waals surface area contributed by atoms with Gasteiger partial charge >= 0.3 is 5.97 Å². The van der Waals surface area contributed by atoms with Gasteiger partial charge in [0.2, 0.25) is 10.0 Å². The van der Waals surface area contributed by atoms with Crippen LogP contribution in [-0.4, -0.2) is 68.2 Å². The molecule has 1 aromatic heterocycles. The van der Waals surface area contributed by atoms with E-state index in [9.17, 15) is 22.8 Å². The molecule has 2 amide bonds. The molecule has 0 unspecified atom stereocenters. The van der Waals surface area contributed by atoms with Crippen LogP contribution in [0.5, 0.6) is 0 Å². The van der Waals surface area contributed by atoms with Crippen LogP contribution in [0.15, 0.2) is 40.6 Å². The number of nitrogens with zero attached hydrogens (tertiary/aromatic N) is 2. The first-order chi connectivity index (χ1) is 15.8. The molecular formula is C22H27N3O6S2. The number of hydrogen-bond donors (Lipinski definition) is 1. The maximum atomic E-state index is 12.5. The predicted octanol–water partition coefficient (Wildman–Crippen LogP) is 1.64.